The molecule has 8 heteroatoms. The number of amides is 2. The van der Waals surface area contributed by atoms with Crippen LogP contribution in [0.15, 0.2) is 10.9 Å². The summed E-state index contributed by atoms with van der Waals surface area (Å²) < 4.78 is 4.76. The lowest BCUT2D eigenvalue weighted by Crippen LogP contribution is -2.33. The minimum Gasteiger partial charge on any atom is -0.444 e. The van der Waals surface area contributed by atoms with Crippen LogP contribution in [-0.2, 0) is 9.53 Å². The highest BCUT2D eigenvalue weighted by Gasteiger charge is 2.09. The Morgan fingerprint density at radius 1 is 1.47 bits per heavy atom. The number of carbonyl (C=O) groups excluding carboxylic acids is 2. The van der Waals surface area contributed by atoms with Gasteiger partial charge in [-0.25, -0.2) is 4.79 Å². The van der Waals surface area contributed by atoms with Crippen LogP contribution in [0.25, 0.3) is 0 Å². The van der Waals surface area contributed by atoms with Crippen LogP contribution in [0.4, 0.5) is 10.7 Å². The Morgan fingerprint density at radius 2 is 2.16 bits per heavy atom. The second-order valence-electron chi connectivity index (χ2n) is 4.14. The third-order valence-corrected chi connectivity index (χ3v) is 2.03. The van der Waals surface area contributed by atoms with E-state index >= 15 is 0 Å². The van der Waals surface area contributed by atoms with Gasteiger partial charge in [0.15, 0.2) is 6.73 Å². The normalized spacial score (nSPS) is 10.1. The van der Waals surface area contributed by atoms with Gasteiger partial charge in [0.1, 0.15) is 0 Å². The summed E-state index contributed by atoms with van der Waals surface area (Å²) in [5.41, 5.74) is 0.110. The number of carbonyl (C=O) groups is 2. The van der Waals surface area contributed by atoms with Crippen LogP contribution in [0.3, 0.4) is 0 Å². The third kappa shape index (κ3) is 5.19. The fourth-order valence-corrected chi connectivity index (χ4v) is 1.13. The number of rotatable bonds is 4. The SMILES string of the molecule is Cc1cc(=O)nc(NC(=O)NCOC(=O)C(C)C)[nH]1. The molecule has 0 atom stereocenters. The van der Waals surface area contributed by atoms with Crippen LogP contribution in [-0.4, -0.2) is 28.7 Å². The number of urea groups is 1. The van der Waals surface area contributed by atoms with Crippen LogP contribution in [0.5, 0.6) is 0 Å². The second kappa shape index (κ2) is 6.53. The van der Waals surface area contributed by atoms with Gasteiger partial charge in [0.05, 0.1) is 5.92 Å². The zero-order valence-electron chi connectivity index (χ0n) is 10.9. The first-order valence-corrected chi connectivity index (χ1v) is 5.68. The van der Waals surface area contributed by atoms with Crippen molar-refractivity contribution in [2.75, 3.05) is 12.0 Å². The molecule has 104 valence electrons. The maximum atomic E-state index is 11.4. The molecule has 8 nitrogen and oxygen atoms in total. The molecule has 1 aromatic rings. The Bertz CT molecular complexity index is 524. The summed E-state index contributed by atoms with van der Waals surface area (Å²) in [4.78, 5) is 39.9. The smallest absolute Gasteiger partial charge is 0.324 e. The Morgan fingerprint density at radius 3 is 2.74 bits per heavy atom. The van der Waals surface area contributed by atoms with Crippen molar-refractivity contribution >= 4 is 17.9 Å². The number of anilines is 1. The molecule has 0 unspecified atom stereocenters. The molecule has 1 heterocycles. The Balaban J connectivity index is 2.43. The average Bonchev–Trinajstić information content (AvgIpc) is 2.26. The van der Waals surface area contributed by atoms with E-state index in [-0.39, 0.29) is 18.6 Å². The van der Waals surface area contributed by atoms with Crippen molar-refractivity contribution < 1.29 is 14.3 Å². The zero-order valence-corrected chi connectivity index (χ0v) is 10.9. The number of H-pyrrole nitrogens is 1. The summed E-state index contributed by atoms with van der Waals surface area (Å²) >= 11 is 0. The zero-order chi connectivity index (χ0) is 14.4. The maximum absolute atomic E-state index is 11.4. The van der Waals surface area contributed by atoms with Gasteiger partial charge in [0.25, 0.3) is 5.56 Å². The Labute approximate surface area is 109 Å². The van der Waals surface area contributed by atoms with E-state index in [2.05, 4.69) is 20.6 Å². The van der Waals surface area contributed by atoms with E-state index < -0.39 is 17.6 Å². The molecule has 2 amide bonds. The average molecular weight is 268 g/mol. The molecule has 19 heavy (non-hydrogen) atoms. The van der Waals surface area contributed by atoms with Gasteiger partial charge < -0.3 is 15.0 Å². The van der Waals surface area contributed by atoms with Crippen molar-refractivity contribution in [1.29, 1.82) is 0 Å². The van der Waals surface area contributed by atoms with Gasteiger partial charge in [-0.15, -0.1) is 0 Å². The lowest BCUT2D eigenvalue weighted by molar-refractivity contribution is -0.147. The number of nitrogens with one attached hydrogen (secondary N) is 3. The summed E-state index contributed by atoms with van der Waals surface area (Å²) in [6, 6.07) is 0.665. The van der Waals surface area contributed by atoms with E-state index in [9.17, 15) is 14.4 Å². The number of aryl methyl sites for hydroxylation is 1. The van der Waals surface area contributed by atoms with E-state index in [1.807, 2.05) is 0 Å². The molecular weight excluding hydrogens is 252 g/mol. The standard InChI is InChI=1S/C11H16N4O4/c1-6(2)9(17)19-5-12-11(18)15-10-13-7(3)4-8(16)14-10/h4,6H,5H2,1-3H3,(H3,12,13,14,15,16,18). The predicted octanol–water partition coefficient (Wildman–Crippen LogP) is 0.357. The number of aromatic nitrogens is 2. The van der Waals surface area contributed by atoms with Gasteiger partial charge in [-0.05, 0) is 6.92 Å². The second-order valence-corrected chi connectivity index (χ2v) is 4.14. The highest BCUT2D eigenvalue weighted by atomic mass is 16.5. The molecular formula is C11H16N4O4. The summed E-state index contributed by atoms with van der Waals surface area (Å²) in [6.45, 7) is 4.78. The molecule has 0 spiro atoms. The van der Waals surface area contributed by atoms with E-state index in [1.54, 1.807) is 20.8 Å². The number of ether oxygens (including phenoxy) is 1. The molecule has 0 aliphatic heterocycles. The minimum absolute atomic E-state index is 0.0256. The van der Waals surface area contributed by atoms with Gasteiger partial charge in [-0.1, -0.05) is 13.8 Å². The highest BCUT2D eigenvalue weighted by molar-refractivity contribution is 5.87. The first-order chi connectivity index (χ1) is 8.88. The number of aromatic amines is 1. The quantitative estimate of drug-likeness (QED) is 0.539. The van der Waals surface area contributed by atoms with Gasteiger partial charge in [0, 0.05) is 11.8 Å². The molecule has 0 aromatic carbocycles. The summed E-state index contributed by atoms with van der Waals surface area (Å²) in [5.74, 6) is -0.653. The monoisotopic (exact) mass is 268 g/mol. The molecule has 1 rings (SSSR count). The molecule has 3 N–H and O–H groups in total. The summed E-state index contributed by atoms with van der Waals surface area (Å²) in [7, 11) is 0. The third-order valence-electron chi connectivity index (χ3n) is 2.03. The molecule has 0 saturated carbocycles. The van der Waals surface area contributed by atoms with Crippen LogP contribution in [0.1, 0.15) is 19.5 Å². The largest absolute Gasteiger partial charge is 0.444 e. The van der Waals surface area contributed by atoms with Crippen molar-refractivity contribution in [2.45, 2.75) is 20.8 Å². The van der Waals surface area contributed by atoms with Gasteiger partial charge in [-0.3, -0.25) is 14.9 Å². The predicted molar refractivity (Wildman–Crippen MR) is 67.5 cm³/mol. The van der Waals surface area contributed by atoms with E-state index in [4.69, 9.17) is 4.74 Å². The van der Waals surface area contributed by atoms with Gasteiger partial charge in [0.2, 0.25) is 5.95 Å². The minimum atomic E-state index is -0.634. The topological polar surface area (TPSA) is 113 Å². The van der Waals surface area contributed by atoms with Crippen LogP contribution in [0.2, 0.25) is 0 Å². The van der Waals surface area contributed by atoms with Gasteiger partial charge in [-0.2, -0.15) is 4.98 Å². The maximum Gasteiger partial charge on any atom is 0.324 e. The Hall–Kier alpha value is -2.38. The summed E-state index contributed by atoms with van der Waals surface area (Å²) in [6.07, 6.45) is 0. The fourth-order valence-electron chi connectivity index (χ4n) is 1.13. The van der Waals surface area contributed by atoms with Gasteiger partial charge >= 0.3 is 12.0 Å². The van der Waals surface area contributed by atoms with Crippen molar-refractivity contribution in [1.82, 2.24) is 15.3 Å². The van der Waals surface area contributed by atoms with Crippen molar-refractivity contribution in [3.8, 4) is 0 Å². The number of hydrogen-bond acceptors (Lipinski definition) is 5. The van der Waals surface area contributed by atoms with Crippen LogP contribution >= 0.6 is 0 Å². The van der Waals surface area contributed by atoms with E-state index in [0.717, 1.165) is 0 Å². The first kappa shape index (κ1) is 14.7. The fraction of sp³-hybridized carbons (Fsp3) is 0.455. The molecule has 0 radical (unpaired) electrons. The first-order valence-electron chi connectivity index (χ1n) is 5.68. The molecule has 0 fully saturated rings. The lowest BCUT2D eigenvalue weighted by atomic mass is 10.2. The van der Waals surface area contributed by atoms with Crippen molar-refractivity contribution in [3.63, 3.8) is 0 Å². The van der Waals surface area contributed by atoms with Crippen molar-refractivity contribution in [2.24, 2.45) is 5.92 Å². The lowest BCUT2D eigenvalue weighted by Gasteiger charge is -2.09. The molecule has 0 aliphatic carbocycles. The van der Waals surface area contributed by atoms with Crippen LogP contribution < -0.4 is 16.2 Å². The highest BCUT2D eigenvalue weighted by Crippen LogP contribution is 1.96. The molecule has 0 saturated heterocycles. The van der Waals surface area contributed by atoms with Crippen molar-refractivity contribution in [3.05, 3.63) is 22.1 Å². The molecule has 0 bridgehead atoms. The Kier molecular flexibility index (Phi) is 5.04. The number of esters is 1. The number of nitrogens with zero attached hydrogens (tertiary/aromatic N) is 1. The molecule has 0 aliphatic rings. The van der Waals surface area contributed by atoms with E-state index in [1.165, 1.54) is 6.07 Å². The van der Waals surface area contributed by atoms with Crippen LogP contribution in [0, 0.1) is 12.8 Å². The molecule has 1 aromatic heterocycles. The number of hydrogen-bond donors (Lipinski definition) is 3. The summed E-state index contributed by atoms with van der Waals surface area (Å²) in [5, 5.41) is 4.62. The van der Waals surface area contributed by atoms with E-state index in [0.29, 0.717) is 5.69 Å².